The van der Waals surface area contributed by atoms with Crippen LogP contribution in [0.4, 0.5) is 8.78 Å². The van der Waals surface area contributed by atoms with Crippen LogP contribution in [-0.2, 0) is 11.8 Å². The first-order valence-electron chi connectivity index (χ1n) is 4.55. The van der Waals surface area contributed by atoms with Crippen LogP contribution in [0.5, 0.6) is 0 Å². The van der Waals surface area contributed by atoms with Crippen molar-refractivity contribution in [2.24, 2.45) is 13.0 Å². The molecule has 0 aromatic carbocycles. The number of rotatable bonds is 3. The molecule has 1 fully saturated rings. The largest absolute Gasteiger partial charge is 0.481 e. The zero-order chi connectivity index (χ0) is 11.2. The van der Waals surface area contributed by atoms with Gasteiger partial charge in [-0.25, -0.2) is 8.78 Å². The van der Waals surface area contributed by atoms with Crippen molar-refractivity contribution < 1.29 is 18.7 Å². The van der Waals surface area contributed by atoms with Gasteiger partial charge in [0.15, 0.2) is 0 Å². The van der Waals surface area contributed by atoms with Crippen LogP contribution in [-0.4, -0.2) is 20.9 Å². The van der Waals surface area contributed by atoms with Gasteiger partial charge in [0.2, 0.25) is 0 Å². The molecule has 4 nitrogen and oxygen atoms in total. The Hall–Kier alpha value is -1.46. The van der Waals surface area contributed by atoms with Crippen LogP contribution in [0.3, 0.4) is 0 Å². The quantitative estimate of drug-likeness (QED) is 0.833. The Balaban J connectivity index is 2.26. The number of carboxylic acid groups (broad SMARTS) is 1. The highest BCUT2D eigenvalue weighted by atomic mass is 19.3. The first-order chi connectivity index (χ1) is 7.00. The maximum absolute atomic E-state index is 12.5. The Bertz CT molecular complexity index is 403. The van der Waals surface area contributed by atoms with Gasteiger partial charge in [0.25, 0.3) is 6.43 Å². The molecule has 2 atom stereocenters. The van der Waals surface area contributed by atoms with Gasteiger partial charge >= 0.3 is 5.97 Å². The second-order valence-corrected chi connectivity index (χ2v) is 3.73. The number of alkyl halides is 2. The van der Waals surface area contributed by atoms with Crippen molar-refractivity contribution in [1.82, 2.24) is 9.78 Å². The summed E-state index contributed by atoms with van der Waals surface area (Å²) in [7, 11) is 1.55. The molecule has 0 bridgehead atoms. The monoisotopic (exact) mass is 216 g/mol. The minimum absolute atomic E-state index is 0.286. The molecule has 0 saturated heterocycles. The summed E-state index contributed by atoms with van der Waals surface area (Å²) in [5.74, 6) is -1.74. The third-order valence-corrected chi connectivity index (χ3v) is 2.60. The van der Waals surface area contributed by atoms with Crippen molar-refractivity contribution in [3.05, 3.63) is 17.5 Å². The summed E-state index contributed by atoms with van der Waals surface area (Å²) in [5.41, 5.74) is 0.0890. The first kappa shape index (κ1) is 10.1. The summed E-state index contributed by atoms with van der Waals surface area (Å²) >= 11 is 0. The van der Waals surface area contributed by atoms with Gasteiger partial charge in [-0.15, -0.1) is 0 Å². The average molecular weight is 216 g/mol. The summed E-state index contributed by atoms with van der Waals surface area (Å²) < 4.78 is 26.4. The average Bonchev–Trinajstić information content (AvgIpc) is 2.83. The number of aliphatic carboxylic acids is 1. The molecule has 0 aliphatic heterocycles. The fourth-order valence-corrected chi connectivity index (χ4v) is 1.79. The smallest absolute Gasteiger partial charge is 0.307 e. The number of carboxylic acids is 1. The van der Waals surface area contributed by atoms with Gasteiger partial charge < -0.3 is 5.11 Å². The molecular weight excluding hydrogens is 206 g/mol. The lowest BCUT2D eigenvalue weighted by atomic mass is 10.1. The number of hydrogen-bond acceptors (Lipinski definition) is 2. The van der Waals surface area contributed by atoms with E-state index < -0.39 is 18.3 Å². The van der Waals surface area contributed by atoms with Crippen LogP contribution in [0, 0.1) is 5.92 Å². The molecule has 15 heavy (non-hydrogen) atoms. The SMILES string of the molecule is Cn1cc(C2CC2C(=O)O)c(C(F)F)n1. The lowest BCUT2D eigenvalue weighted by Crippen LogP contribution is -2.00. The van der Waals surface area contributed by atoms with Crippen LogP contribution < -0.4 is 0 Å². The molecule has 0 radical (unpaired) electrons. The highest BCUT2D eigenvalue weighted by Gasteiger charge is 2.46. The maximum Gasteiger partial charge on any atom is 0.307 e. The highest BCUT2D eigenvalue weighted by Crippen LogP contribution is 2.49. The number of halogens is 2. The minimum atomic E-state index is -2.64. The van der Waals surface area contributed by atoms with Crippen molar-refractivity contribution in [3.63, 3.8) is 0 Å². The van der Waals surface area contributed by atoms with Crippen LogP contribution >= 0.6 is 0 Å². The molecule has 1 aromatic rings. The summed E-state index contributed by atoms with van der Waals surface area (Å²) in [4.78, 5) is 10.6. The summed E-state index contributed by atoms with van der Waals surface area (Å²) in [6.07, 6.45) is -0.730. The molecule has 2 unspecified atom stereocenters. The predicted octanol–water partition coefficient (Wildman–Crippen LogP) is 1.55. The fourth-order valence-electron chi connectivity index (χ4n) is 1.79. The van der Waals surface area contributed by atoms with Gasteiger partial charge in [-0.2, -0.15) is 5.10 Å². The molecule has 1 heterocycles. The summed E-state index contributed by atoms with van der Waals surface area (Å²) in [5, 5.41) is 12.3. The molecule has 6 heteroatoms. The third kappa shape index (κ3) is 1.71. The second kappa shape index (κ2) is 3.29. The van der Waals surface area contributed by atoms with Crippen molar-refractivity contribution in [2.45, 2.75) is 18.8 Å². The third-order valence-electron chi connectivity index (χ3n) is 2.60. The molecule has 2 rings (SSSR count). The molecule has 0 amide bonds. The Kier molecular flexibility index (Phi) is 2.21. The molecule has 0 spiro atoms. The van der Waals surface area contributed by atoms with E-state index in [4.69, 9.17) is 5.11 Å². The molecule has 1 saturated carbocycles. The minimum Gasteiger partial charge on any atom is -0.481 e. The van der Waals surface area contributed by atoms with Gasteiger partial charge in [-0.05, 0) is 6.42 Å². The number of aromatic nitrogens is 2. The standard InChI is InChI=1S/C9H10F2N2O2/c1-13-3-6(7(12-13)8(10)11)4-2-5(4)9(14)15/h3-5,8H,2H2,1H3,(H,14,15). The van der Waals surface area contributed by atoms with E-state index in [1.165, 1.54) is 10.9 Å². The predicted molar refractivity (Wildman–Crippen MR) is 46.6 cm³/mol. The number of hydrogen-bond donors (Lipinski definition) is 1. The molecule has 1 aliphatic carbocycles. The van der Waals surface area contributed by atoms with Crippen molar-refractivity contribution in [2.75, 3.05) is 0 Å². The first-order valence-corrected chi connectivity index (χ1v) is 4.55. The number of carbonyl (C=O) groups is 1. The van der Waals surface area contributed by atoms with Gasteiger partial charge in [0.05, 0.1) is 5.92 Å². The lowest BCUT2D eigenvalue weighted by Gasteiger charge is -1.97. The van der Waals surface area contributed by atoms with E-state index in [1.807, 2.05) is 0 Å². The van der Waals surface area contributed by atoms with Gasteiger partial charge in [-0.3, -0.25) is 9.48 Å². The second-order valence-electron chi connectivity index (χ2n) is 3.73. The van der Waals surface area contributed by atoms with Crippen LogP contribution in [0.1, 0.15) is 30.0 Å². The Morgan fingerprint density at radius 2 is 2.40 bits per heavy atom. The van der Waals surface area contributed by atoms with Gasteiger partial charge in [0.1, 0.15) is 5.69 Å². The lowest BCUT2D eigenvalue weighted by molar-refractivity contribution is -0.138. The fraction of sp³-hybridized carbons (Fsp3) is 0.556. The van der Waals surface area contributed by atoms with Crippen LogP contribution in [0.25, 0.3) is 0 Å². The van der Waals surface area contributed by atoms with Crippen LogP contribution in [0.2, 0.25) is 0 Å². The molecule has 1 aromatic heterocycles. The number of aryl methyl sites for hydroxylation is 1. The topological polar surface area (TPSA) is 55.1 Å². The van der Waals surface area contributed by atoms with E-state index in [9.17, 15) is 13.6 Å². The maximum atomic E-state index is 12.5. The summed E-state index contributed by atoms with van der Waals surface area (Å²) in [6, 6.07) is 0. The van der Waals surface area contributed by atoms with E-state index in [0.717, 1.165) is 0 Å². The zero-order valence-corrected chi connectivity index (χ0v) is 8.02. The van der Waals surface area contributed by atoms with E-state index in [1.54, 1.807) is 7.05 Å². The Labute approximate surface area is 84.5 Å². The normalized spacial score (nSPS) is 24.5. The van der Waals surface area contributed by atoms with E-state index in [0.29, 0.717) is 12.0 Å². The van der Waals surface area contributed by atoms with Crippen molar-refractivity contribution in [3.8, 4) is 0 Å². The van der Waals surface area contributed by atoms with E-state index >= 15 is 0 Å². The van der Waals surface area contributed by atoms with Crippen molar-refractivity contribution >= 4 is 5.97 Å². The summed E-state index contributed by atoms with van der Waals surface area (Å²) in [6.45, 7) is 0. The van der Waals surface area contributed by atoms with E-state index in [2.05, 4.69) is 5.10 Å². The molecule has 82 valence electrons. The van der Waals surface area contributed by atoms with Gasteiger partial charge in [-0.1, -0.05) is 0 Å². The van der Waals surface area contributed by atoms with Gasteiger partial charge in [0, 0.05) is 24.7 Å². The Morgan fingerprint density at radius 3 is 2.87 bits per heavy atom. The Morgan fingerprint density at radius 1 is 1.73 bits per heavy atom. The van der Waals surface area contributed by atoms with Crippen molar-refractivity contribution in [1.29, 1.82) is 0 Å². The molecule has 1 N–H and O–H groups in total. The molecule has 1 aliphatic rings. The zero-order valence-electron chi connectivity index (χ0n) is 8.02. The molecular formula is C9H10F2N2O2. The van der Waals surface area contributed by atoms with E-state index in [-0.39, 0.29) is 11.6 Å². The number of nitrogens with zero attached hydrogens (tertiary/aromatic N) is 2. The highest BCUT2D eigenvalue weighted by molar-refractivity contribution is 5.75. The van der Waals surface area contributed by atoms with Crippen LogP contribution in [0.15, 0.2) is 6.20 Å².